The van der Waals surface area contributed by atoms with Crippen LogP contribution < -0.4 is 11.1 Å². The number of anilines is 1. The van der Waals surface area contributed by atoms with Crippen LogP contribution in [0.15, 0.2) is 52.4 Å². The second kappa shape index (κ2) is 8.61. The molecule has 0 aliphatic carbocycles. The Morgan fingerprint density at radius 3 is 2.52 bits per heavy atom. The molecule has 0 amide bonds. The van der Waals surface area contributed by atoms with Gasteiger partial charge in [-0.3, -0.25) is 4.99 Å². The third kappa shape index (κ3) is 4.15. The minimum absolute atomic E-state index is 0.104. The van der Waals surface area contributed by atoms with Crippen molar-refractivity contribution in [3.8, 4) is 11.4 Å². The van der Waals surface area contributed by atoms with Crippen molar-refractivity contribution in [1.29, 1.82) is 0 Å². The fourth-order valence-electron chi connectivity index (χ4n) is 3.75. The van der Waals surface area contributed by atoms with Gasteiger partial charge in [0.05, 0.1) is 17.9 Å². The molecule has 3 N–H and O–H groups in total. The van der Waals surface area contributed by atoms with Gasteiger partial charge in [-0.05, 0) is 25.5 Å². The van der Waals surface area contributed by atoms with Crippen LogP contribution in [0.4, 0.5) is 29.2 Å². The van der Waals surface area contributed by atoms with Gasteiger partial charge in [-0.25, -0.2) is 19.4 Å². The van der Waals surface area contributed by atoms with E-state index in [1.54, 1.807) is 19.1 Å². The molecule has 4 rings (SSSR count). The number of benzene rings is 2. The first-order chi connectivity index (χ1) is 15.7. The first-order valence-corrected chi connectivity index (χ1v) is 10.2. The monoisotopic (exact) mass is 456 g/mol. The van der Waals surface area contributed by atoms with E-state index in [1.165, 1.54) is 24.3 Å². The highest BCUT2D eigenvalue weighted by Crippen LogP contribution is 2.38. The number of halogens is 4. The number of hydrogen-bond acceptors (Lipinski definition) is 5. The summed E-state index contributed by atoms with van der Waals surface area (Å²) in [5.74, 6) is 0.125. The van der Waals surface area contributed by atoms with Crippen LogP contribution in [0.3, 0.4) is 0 Å². The molecule has 0 fully saturated rings. The minimum Gasteiger partial charge on any atom is -0.390 e. The number of amidine groups is 1. The number of nitrogens with two attached hydrogens (primary N) is 1. The number of fused-ring (bicyclic) bond motifs is 1. The third-order valence-corrected chi connectivity index (χ3v) is 5.34. The Hall–Kier alpha value is -3.82. The van der Waals surface area contributed by atoms with E-state index in [2.05, 4.69) is 25.3 Å². The second-order valence-corrected chi connectivity index (χ2v) is 7.39. The molecule has 0 radical (unpaired) electrons. The van der Waals surface area contributed by atoms with Crippen LogP contribution in [-0.4, -0.2) is 22.1 Å². The summed E-state index contributed by atoms with van der Waals surface area (Å²) in [6, 6.07) is 9.32. The van der Waals surface area contributed by atoms with Crippen molar-refractivity contribution in [2.75, 3.05) is 5.32 Å². The Morgan fingerprint density at radius 1 is 1.09 bits per heavy atom. The largest absolute Gasteiger partial charge is 0.417 e. The van der Waals surface area contributed by atoms with Crippen molar-refractivity contribution in [3.05, 3.63) is 70.5 Å². The van der Waals surface area contributed by atoms with E-state index < -0.39 is 11.7 Å². The van der Waals surface area contributed by atoms with E-state index in [0.29, 0.717) is 28.9 Å². The molecule has 6 nitrogen and oxygen atoms in total. The van der Waals surface area contributed by atoms with Crippen LogP contribution in [0.25, 0.3) is 11.4 Å². The fraction of sp³-hybridized carbons (Fsp3) is 0.217. The van der Waals surface area contributed by atoms with Crippen LogP contribution in [0.2, 0.25) is 0 Å². The highest BCUT2D eigenvalue weighted by Gasteiger charge is 2.34. The van der Waals surface area contributed by atoms with Gasteiger partial charge in [0.1, 0.15) is 17.5 Å². The molecule has 0 saturated heterocycles. The van der Waals surface area contributed by atoms with Crippen molar-refractivity contribution in [1.82, 2.24) is 9.97 Å². The first-order valence-electron chi connectivity index (χ1n) is 10.2. The molecule has 2 heterocycles. The minimum atomic E-state index is -4.60. The lowest BCUT2D eigenvalue weighted by atomic mass is 10.0. The van der Waals surface area contributed by atoms with Crippen molar-refractivity contribution >= 4 is 23.8 Å². The van der Waals surface area contributed by atoms with E-state index in [1.807, 2.05) is 6.92 Å². The molecule has 0 spiro atoms. The number of nitrogens with zero attached hydrogens (tertiary/aromatic N) is 4. The number of rotatable bonds is 4. The lowest BCUT2D eigenvalue weighted by molar-refractivity contribution is -0.137. The van der Waals surface area contributed by atoms with E-state index in [0.717, 1.165) is 12.4 Å². The maximum atomic E-state index is 14.5. The Bertz CT molecular complexity index is 1270. The van der Waals surface area contributed by atoms with Gasteiger partial charge in [0.2, 0.25) is 0 Å². The molecule has 3 aromatic rings. The maximum absolute atomic E-state index is 14.5. The lowest BCUT2D eigenvalue weighted by Gasteiger charge is -2.15. The maximum Gasteiger partial charge on any atom is 0.417 e. The average molecular weight is 456 g/mol. The smallest absolute Gasteiger partial charge is 0.390 e. The van der Waals surface area contributed by atoms with Crippen LogP contribution in [-0.2, 0) is 6.18 Å². The average Bonchev–Trinajstić information content (AvgIpc) is 3.15. The van der Waals surface area contributed by atoms with E-state index >= 15 is 0 Å². The molecule has 1 aliphatic heterocycles. The van der Waals surface area contributed by atoms with Crippen molar-refractivity contribution in [2.24, 2.45) is 15.7 Å². The van der Waals surface area contributed by atoms with Crippen LogP contribution >= 0.6 is 0 Å². The van der Waals surface area contributed by atoms with Crippen LogP contribution in [0, 0.1) is 12.7 Å². The normalized spacial score (nSPS) is 15.6. The summed E-state index contributed by atoms with van der Waals surface area (Å²) in [5, 5.41) is 3.06. The van der Waals surface area contributed by atoms with Gasteiger partial charge in [0, 0.05) is 22.3 Å². The molecular weight excluding hydrogens is 436 g/mol. The summed E-state index contributed by atoms with van der Waals surface area (Å²) >= 11 is 0. The number of aliphatic imine (C=N–C) groups is 2. The van der Waals surface area contributed by atoms with Crippen molar-refractivity contribution in [3.63, 3.8) is 0 Å². The summed E-state index contributed by atoms with van der Waals surface area (Å²) in [4.78, 5) is 17.1. The van der Waals surface area contributed by atoms with Crippen molar-refractivity contribution in [2.45, 2.75) is 32.5 Å². The van der Waals surface area contributed by atoms with Gasteiger partial charge in [-0.15, -0.1) is 0 Å². The summed E-state index contributed by atoms with van der Waals surface area (Å²) in [7, 11) is 0. The molecule has 2 aromatic carbocycles. The number of hydrogen-bond donors (Lipinski definition) is 2. The van der Waals surface area contributed by atoms with E-state index in [4.69, 9.17) is 5.73 Å². The molecule has 0 bridgehead atoms. The van der Waals surface area contributed by atoms with Gasteiger partial charge >= 0.3 is 6.18 Å². The van der Waals surface area contributed by atoms with Gasteiger partial charge in [0.15, 0.2) is 11.6 Å². The topological polar surface area (TPSA) is 88.5 Å². The summed E-state index contributed by atoms with van der Waals surface area (Å²) in [5.41, 5.74) is 5.84. The highest BCUT2D eigenvalue weighted by molar-refractivity contribution is 6.11. The van der Waals surface area contributed by atoms with Gasteiger partial charge in [-0.2, -0.15) is 13.2 Å². The zero-order chi connectivity index (χ0) is 23.8. The number of alkyl halides is 3. The molecule has 0 saturated carbocycles. The quantitative estimate of drug-likeness (QED) is 0.306. The molecular formula is C23H20F4N6. The van der Waals surface area contributed by atoms with E-state index in [9.17, 15) is 17.6 Å². The Labute approximate surface area is 187 Å². The molecule has 1 aromatic heterocycles. The second-order valence-electron chi connectivity index (χ2n) is 7.39. The zero-order valence-electron chi connectivity index (χ0n) is 17.8. The Morgan fingerprint density at radius 2 is 1.82 bits per heavy atom. The molecule has 1 unspecified atom stereocenters. The van der Waals surface area contributed by atoms with Crippen LogP contribution in [0.5, 0.6) is 0 Å². The van der Waals surface area contributed by atoms with Crippen LogP contribution in [0.1, 0.15) is 41.6 Å². The zero-order valence-corrected chi connectivity index (χ0v) is 17.8. The SMILES string of the molecule is CCC1N=C(Nc2nc(-c3ccccc3C(F)(F)F)nc(N=CN)c2C)c2cccc(F)c21. The number of nitrogens with one attached hydrogen (secondary N) is 1. The molecule has 1 aliphatic rings. The number of aromatic nitrogens is 2. The summed E-state index contributed by atoms with van der Waals surface area (Å²) < 4.78 is 55.3. The lowest BCUT2D eigenvalue weighted by Crippen LogP contribution is -2.15. The predicted octanol–water partition coefficient (Wildman–Crippen LogP) is 5.55. The fourth-order valence-corrected chi connectivity index (χ4v) is 3.75. The molecule has 10 heteroatoms. The van der Waals surface area contributed by atoms with Gasteiger partial charge in [0.25, 0.3) is 0 Å². The highest BCUT2D eigenvalue weighted by atomic mass is 19.4. The Kier molecular flexibility index (Phi) is 5.84. The molecule has 33 heavy (non-hydrogen) atoms. The van der Waals surface area contributed by atoms with Gasteiger partial charge in [-0.1, -0.05) is 37.3 Å². The third-order valence-electron chi connectivity index (χ3n) is 5.34. The summed E-state index contributed by atoms with van der Waals surface area (Å²) in [6.07, 6.45) is -3.02. The molecule has 170 valence electrons. The standard InChI is InChI=1S/C23H20F4N6/c1-3-17-18-14(8-6-10-16(18)24)22(30-17)33-20-12(2)19(29-11-28)31-21(32-20)13-7-4-5-9-15(13)23(25,26)27/h4-11,17H,3H2,1-2H3,(H3,28,29,30,31,32,33). The molecule has 1 atom stereocenters. The first kappa shape index (κ1) is 22.4. The predicted molar refractivity (Wildman–Crippen MR) is 119 cm³/mol. The van der Waals surface area contributed by atoms with Gasteiger partial charge < -0.3 is 11.1 Å². The van der Waals surface area contributed by atoms with Crippen molar-refractivity contribution < 1.29 is 17.6 Å². The van der Waals surface area contributed by atoms with E-state index in [-0.39, 0.29) is 34.9 Å². The summed E-state index contributed by atoms with van der Waals surface area (Å²) in [6.45, 7) is 3.55. The Balaban J connectivity index is 1.85.